The number of hydrogen-bond donors (Lipinski definition) is 1. The molecule has 5 heteroatoms. The number of anilines is 1. The summed E-state index contributed by atoms with van der Waals surface area (Å²) in [6, 6.07) is 23.7. The third-order valence-electron chi connectivity index (χ3n) is 6.45. The van der Waals surface area contributed by atoms with Crippen LogP contribution >= 0.6 is 0 Å². The normalized spacial score (nSPS) is 17.0. The highest BCUT2D eigenvalue weighted by Crippen LogP contribution is 2.44. The number of carbonyl (C=O) groups excluding carboxylic acids is 2. The molecule has 1 aliphatic heterocycles. The maximum absolute atomic E-state index is 13.0. The molecule has 2 aliphatic rings. The van der Waals surface area contributed by atoms with Gasteiger partial charge in [-0.25, -0.2) is 4.79 Å². The molecule has 1 heterocycles. The molecule has 0 spiro atoms. The summed E-state index contributed by atoms with van der Waals surface area (Å²) in [4.78, 5) is 27.4. The zero-order chi connectivity index (χ0) is 22.1. The summed E-state index contributed by atoms with van der Waals surface area (Å²) in [5.41, 5.74) is 6.61. The summed E-state index contributed by atoms with van der Waals surface area (Å²) in [7, 11) is 0. The van der Waals surface area contributed by atoms with Crippen molar-refractivity contribution in [3.63, 3.8) is 0 Å². The number of amides is 2. The van der Waals surface area contributed by atoms with E-state index in [0.29, 0.717) is 13.0 Å². The van der Waals surface area contributed by atoms with Gasteiger partial charge in [0, 0.05) is 18.2 Å². The molecule has 0 bridgehead atoms. The Morgan fingerprint density at radius 2 is 1.56 bits per heavy atom. The van der Waals surface area contributed by atoms with Gasteiger partial charge < -0.3 is 10.1 Å². The SMILES string of the molecule is Cc1ccc(NC(=O)[C@@H]2CCCN2C(=O)OCC2c3ccccc3-c3ccccc32)cc1. The summed E-state index contributed by atoms with van der Waals surface area (Å²) < 4.78 is 5.78. The van der Waals surface area contributed by atoms with Crippen LogP contribution < -0.4 is 5.32 Å². The summed E-state index contributed by atoms with van der Waals surface area (Å²) >= 11 is 0. The van der Waals surface area contributed by atoms with Crippen LogP contribution in [0.4, 0.5) is 10.5 Å². The van der Waals surface area contributed by atoms with Crippen molar-refractivity contribution in [2.24, 2.45) is 0 Å². The Bertz CT molecular complexity index is 1110. The van der Waals surface area contributed by atoms with Crippen LogP contribution in [0.15, 0.2) is 72.8 Å². The van der Waals surface area contributed by atoms with Gasteiger partial charge in [0.15, 0.2) is 0 Å². The second kappa shape index (κ2) is 8.50. The monoisotopic (exact) mass is 426 g/mol. The number of fused-ring (bicyclic) bond motifs is 3. The van der Waals surface area contributed by atoms with Gasteiger partial charge in [0.2, 0.25) is 5.91 Å². The number of rotatable bonds is 4. The predicted octanol–water partition coefficient (Wildman–Crippen LogP) is 5.35. The number of carbonyl (C=O) groups is 2. The minimum atomic E-state index is -0.507. The Hall–Kier alpha value is -3.60. The van der Waals surface area contributed by atoms with Gasteiger partial charge in [0.05, 0.1) is 0 Å². The average Bonchev–Trinajstić information content (AvgIpc) is 3.43. The maximum atomic E-state index is 13.0. The number of nitrogens with one attached hydrogen (secondary N) is 1. The van der Waals surface area contributed by atoms with E-state index < -0.39 is 12.1 Å². The van der Waals surface area contributed by atoms with Crippen LogP contribution in [0.2, 0.25) is 0 Å². The van der Waals surface area contributed by atoms with E-state index in [0.717, 1.165) is 17.7 Å². The highest BCUT2D eigenvalue weighted by atomic mass is 16.6. The van der Waals surface area contributed by atoms with E-state index in [2.05, 4.69) is 29.6 Å². The molecular weight excluding hydrogens is 400 g/mol. The fraction of sp³-hybridized carbons (Fsp3) is 0.259. The average molecular weight is 427 g/mol. The van der Waals surface area contributed by atoms with Crippen LogP contribution in [0.1, 0.15) is 35.4 Å². The van der Waals surface area contributed by atoms with Gasteiger partial charge in [-0.05, 0) is 54.2 Å². The maximum Gasteiger partial charge on any atom is 0.410 e. The molecule has 1 atom stereocenters. The van der Waals surface area contributed by atoms with Gasteiger partial charge in [-0.3, -0.25) is 9.69 Å². The van der Waals surface area contributed by atoms with Crippen molar-refractivity contribution in [3.05, 3.63) is 89.5 Å². The van der Waals surface area contributed by atoms with Crippen LogP contribution in [0.5, 0.6) is 0 Å². The summed E-state index contributed by atoms with van der Waals surface area (Å²) in [5, 5.41) is 2.93. The number of nitrogens with zero attached hydrogens (tertiary/aromatic N) is 1. The second-order valence-electron chi connectivity index (χ2n) is 8.51. The lowest BCUT2D eigenvalue weighted by Crippen LogP contribution is -2.43. The van der Waals surface area contributed by atoms with E-state index >= 15 is 0 Å². The van der Waals surface area contributed by atoms with Gasteiger partial charge in [0.25, 0.3) is 0 Å². The van der Waals surface area contributed by atoms with Crippen molar-refractivity contribution in [2.75, 3.05) is 18.5 Å². The summed E-state index contributed by atoms with van der Waals surface area (Å²) in [6.45, 7) is 2.79. The van der Waals surface area contributed by atoms with Crippen LogP contribution in [-0.2, 0) is 9.53 Å². The lowest BCUT2D eigenvalue weighted by molar-refractivity contribution is -0.120. The molecule has 1 aliphatic carbocycles. The first kappa shape index (κ1) is 20.3. The molecule has 0 radical (unpaired) electrons. The van der Waals surface area contributed by atoms with E-state index in [1.54, 1.807) is 4.90 Å². The van der Waals surface area contributed by atoms with Crippen LogP contribution in [-0.4, -0.2) is 36.1 Å². The Balaban J connectivity index is 1.27. The zero-order valence-electron chi connectivity index (χ0n) is 18.1. The van der Waals surface area contributed by atoms with Crippen LogP contribution in [0.25, 0.3) is 11.1 Å². The zero-order valence-corrected chi connectivity index (χ0v) is 18.1. The molecular formula is C27H26N2O3. The van der Waals surface area contributed by atoms with Crippen molar-refractivity contribution in [1.29, 1.82) is 0 Å². The quantitative estimate of drug-likeness (QED) is 0.612. The molecule has 3 aromatic carbocycles. The third kappa shape index (κ3) is 3.75. The van der Waals surface area contributed by atoms with Crippen molar-refractivity contribution in [1.82, 2.24) is 4.90 Å². The molecule has 0 saturated carbocycles. The largest absolute Gasteiger partial charge is 0.448 e. The Kier molecular flexibility index (Phi) is 5.39. The highest BCUT2D eigenvalue weighted by molar-refractivity contribution is 5.96. The van der Waals surface area contributed by atoms with Crippen molar-refractivity contribution >= 4 is 17.7 Å². The Labute approximate surface area is 188 Å². The summed E-state index contributed by atoms with van der Waals surface area (Å²) in [5.74, 6) is -0.159. The minimum absolute atomic E-state index is 0.00814. The lowest BCUT2D eigenvalue weighted by Gasteiger charge is -2.24. The van der Waals surface area contributed by atoms with E-state index in [4.69, 9.17) is 4.74 Å². The number of likely N-dealkylation sites (tertiary alicyclic amines) is 1. The minimum Gasteiger partial charge on any atom is -0.448 e. The lowest BCUT2D eigenvalue weighted by atomic mass is 9.98. The fourth-order valence-corrected chi connectivity index (χ4v) is 4.80. The number of aryl methyl sites for hydroxylation is 1. The molecule has 0 unspecified atom stereocenters. The molecule has 3 aromatic rings. The fourth-order valence-electron chi connectivity index (χ4n) is 4.80. The van der Waals surface area contributed by atoms with Gasteiger partial charge in [-0.15, -0.1) is 0 Å². The number of ether oxygens (including phenoxy) is 1. The third-order valence-corrected chi connectivity index (χ3v) is 6.45. The van der Waals surface area contributed by atoms with Gasteiger partial charge in [-0.1, -0.05) is 66.2 Å². The molecule has 32 heavy (non-hydrogen) atoms. The van der Waals surface area contributed by atoms with Gasteiger partial charge in [-0.2, -0.15) is 0 Å². The first-order valence-corrected chi connectivity index (χ1v) is 11.1. The van der Waals surface area contributed by atoms with E-state index in [-0.39, 0.29) is 18.4 Å². The standard InChI is InChI=1S/C27H26N2O3/c1-18-12-14-19(15-13-18)28-26(30)25-11-6-16-29(25)27(31)32-17-24-22-9-4-2-7-20(22)21-8-3-5-10-23(21)24/h2-5,7-10,12-15,24-25H,6,11,16-17H2,1H3,(H,28,30)/t25-/m0/s1. The first-order valence-electron chi connectivity index (χ1n) is 11.1. The first-order chi connectivity index (χ1) is 15.6. The second-order valence-corrected chi connectivity index (χ2v) is 8.51. The Morgan fingerprint density at radius 1 is 0.938 bits per heavy atom. The molecule has 1 N–H and O–H groups in total. The van der Waals surface area contributed by atoms with Crippen LogP contribution in [0, 0.1) is 6.92 Å². The molecule has 1 fully saturated rings. The topological polar surface area (TPSA) is 58.6 Å². The van der Waals surface area contributed by atoms with E-state index in [1.165, 1.54) is 22.3 Å². The smallest absolute Gasteiger partial charge is 0.410 e. The van der Waals surface area contributed by atoms with E-state index in [9.17, 15) is 9.59 Å². The molecule has 5 rings (SSSR count). The number of benzene rings is 3. The van der Waals surface area contributed by atoms with Gasteiger partial charge >= 0.3 is 6.09 Å². The van der Waals surface area contributed by atoms with Gasteiger partial charge in [0.1, 0.15) is 12.6 Å². The molecule has 0 aromatic heterocycles. The van der Waals surface area contributed by atoms with Crippen molar-refractivity contribution < 1.29 is 14.3 Å². The molecule has 162 valence electrons. The van der Waals surface area contributed by atoms with Crippen LogP contribution in [0.3, 0.4) is 0 Å². The highest BCUT2D eigenvalue weighted by Gasteiger charge is 2.36. The Morgan fingerprint density at radius 3 is 2.22 bits per heavy atom. The number of hydrogen-bond acceptors (Lipinski definition) is 3. The predicted molar refractivity (Wildman–Crippen MR) is 125 cm³/mol. The molecule has 1 saturated heterocycles. The van der Waals surface area contributed by atoms with Crippen molar-refractivity contribution in [2.45, 2.75) is 31.7 Å². The van der Waals surface area contributed by atoms with Crippen molar-refractivity contribution in [3.8, 4) is 11.1 Å². The molecule has 2 amide bonds. The summed E-state index contributed by atoms with van der Waals surface area (Å²) in [6.07, 6.45) is 1.01. The van der Waals surface area contributed by atoms with E-state index in [1.807, 2.05) is 55.5 Å². The molecule has 5 nitrogen and oxygen atoms in total.